The monoisotopic (exact) mass is 274 g/mol. The minimum absolute atomic E-state index is 0.357. The molecule has 1 aromatic heterocycles. The van der Waals surface area contributed by atoms with E-state index < -0.39 is 6.03 Å². The number of rotatable bonds is 4. The van der Waals surface area contributed by atoms with Gasteiger partial charge in [-0.25, -0.2) is 14.8 Å². The number of anilines is 2. The molecular formula is C7H11BrN6O. The van der Waals surface area contributed by atoms with Crippen molar-refractivity contribution in [2.75, 3.05) is 24.1 Å². The molecule has 0 saturated carbocycles. The Balaban J connectivity index is 2.44. The Morgan fingerprint density at radius 1 is 1.47 bits per heavy atom. The van der Waals surface area contributed by atoms with Crippen molar-refractivity contribution in [3.05, 3.63) is 10.8 Å². The van der Waals surface area contributed by atoms with Crippen LogP contribution in [0.2, 0.25) is 0 Å². The van der Waals surface area contributed by atoms with Crippen molar-refractivity contribution in [3.8, 4) is 0 Å². The van der Waals surface area contributed by atoms with E-state index in [0.717, 1.165) is 0 Å². The molecule has 0 unspecified atom stereocenters. The van der Waals surface area contributed by atoms with Crippen LogP contribution >= 0.6 is 15.9 Å². The molecule has 0 aliphatic heterocycles. The summed E-state index contributed by atoms with van der Waals surface area (Å²) >= 11 is 3.24. The number of hydrogen-bond donors (Lipinski definition) is 4. The average Bonchev–Trinajstić information content (AvgIpc) is 2.18. The third-order valence-corrected chi connectivity index (χ3v) is 2.31. The minimum atomic E-state index is -0.557. The van der Waals surface area contributed by atoms with Gasteiger partial charge >= 0.3 is 6.03 Å². The number of aromatic nitrogens is 2. The maximum absolute atomic E-state index is 10.4. The van der Waals surface area contributed by atoms with Crippen LogP contribution in [-0.2, 0) is 0 Å². The maximum atomic E-state index is 10.4. The fourth-order valence-corrected chi connectivity index (χ4v) is 1.22. The number of carbonyl (C=O) groups excluding carboxylic acids is 1. The number of halogens is 1. The number of nitrogens with two attached hydrogens (primary N) is 2. The molecule has 2 amide bonds. The highest BCUT2D eigenvalue weighted by molar-refractivity contribution is 9.10. The van der Waals surface area contributed by atoms with Gasteiger partial charge in [0.15, 0.2) is 0 Å². The topological polar surface area (TPSA) is 119 Å². The van der Waals surface area contributed by atoms with Crippen molar-refractivity contribution in [1.29, 1.82) is 0 Å². The first-order chi connectivity index (χ1) is 7.11. The van der Waals surface area contributed by atoms with Crippen LogP contribution in [0.4, 0.5) is 16.4 Å². The lowest BCUT2D eigenvalue weighted by molar-refractivity contribution is 0.249. The molecule has 0 atom stereocenters. The summed E-state index contributed by atoms with van der Waals surface area (Å²) in [6.07, 6.45) is 1.35. The van der Waals surface area contributed by atoms with E-state index in [4.69, 9.17) is 11.5 Å². The molecule has 0 aliphatic carbocycles. The third-order valence-electron chi connectivity index (χ3n) is 1.53. The van der Waals surface area contributed by atoms with Crippen LogP contribution in [0.3, 0.4) is 0 Å². The van der Waals surface area contributed by atoms with Crippen LogP contribution in [0.15, 0.2) is 10.8 Å². The molecular weight excluding hydrogens is 264 g/mol. The van der Waals surface area contributed by atoms with Gasteiger partial charge in [0, 0.05) is 13.1 Å². The first-order valence-electron chi connectivity index (χ1n) is 4.14. The predicted octanol–water partition coefficient (Wildman–Crippen LogP) is -0.0985. The highest BCUT2D eigenvalue weighted by Crippen LogP contribution is 2.23. The number of nitrogen functional groups attached to an aromatic ring is 1. The van der Waals surface area contributed by atoms with Crippen LogP contribution in [0.1, 0.15) is 0 Å². The highest BCUT2D eigenvalue weighted by Gasteiger charge is 2.04. The summed E-state index contributed by atoms with van der Waals surface area (Å²) in [7, 11) is 0. The zero-order valence-corrected chi connectivity index (χ0v) is 9.41. The first kappa shape index (κ1) is 11.5. The Kier molecular flexibility index (Phi) is 4.10. The largest absolute Gasteiger partial charge is 0.383 e. The average molecular weight is 275 g/mol. The highest BCUT2D eigenvalue weighted by atomic mass is 79.9. The molecule has 0 fully saturated rings. The van der Waals surface area contributed by atoms with Crippen LogP contribution < -0.4 is 22.1 Å². The van der Waals surface area contributed by atoms with E-state index in [1.54, 1.807) is 0 Å². The summed E-state index contributed by atoms with van der Waals surface area (Å²) < 4.78 is 0.601. The Hall–Kier alpha value is -1.57. The Morgan fingerprint density at radius 3 is 2.87 bits per heavy atom. The summed E-state index contributed by atoms with van der Waals surface area (Å²) in [6, 6.07) is -0.557. The first-order valence-corrected chi connectivity index (χ1v) is 4.93. The van der Waals surface area contributed by atoms with Crippen molar-refractivity contribution in [2.24, 2.45) is 5.73 Å². The Labute approximate surface area is 94.8 Å². The fraction of sp³-hybridized carbons (Fsp3) is 0.286. The van der Waals surface area contributed by atoms with Gasteiger partial charge in [-0.3, -0.25) is 0 Å². The molecule has 0 saturated heterocycles. The van der Waals surface area contributed by atoms with E-state index in [1.165, 1.54) is 6.33 Å². The molecule has 7 nitrogen and oxygen atoms in total. The van der Waals surface area contributed by atoms with E-state index in [9.17, 15) is 4.79 Å². The lowest BCUT2D eigenvalue weighted by Gasteiger charge is -2.07. The smallest absolute Gasteiger partial charge is 0.312 e. The van der Waals surface area contributed by atoms with E-state index in [1.807, 2.05) is 0 Å². The summed E-state index contributed by atoms with van der Waals surface area (Å²) in [6.45, 7) is 0.906. The molecule has 1 heterocycles. The second-order valence-electron chi connectivity index (χ2n) is 2.64. The van der Waals surface area contributed by atoms with E-state index >= 15 is 0 Å². The molecule has 8 heteroatoms. The van der Waals surface area contributed by atoms with Gasteiger partial charge < -0.3 is 22.1 Å². The molecule has 0 aromatic carbocycles. The molecule has 6 N–H and O–H groups in total. The quantitative estimate of drug-likeness (QED) is 0.572. The van der Waals surface area contributed by atoms with Crippen LogP contribution in [-0.4, -0.2) is 29.1 Å². The molecule has 1 aromatic rings. The molecule has 15 heavy (non-hydrogen) atoms. The van der Waals surface area contributed by atoms with Crippen LogP contribution in [0.25, 0.3) is 0 Å². The number of amides is 2. The number of nitrogens with zero attached hydrogens (tertiary/aromatic N) is 2. The zero-order chi connectivity index (χ0) is 11.3. The van der Waals surface area contributed by atoms with Crippen LogP contribution in [0.5, 0.6) is 0 Å². The number of nitrogens with one attached hydrogen (secondary N) is 2. The zero-order valence-electron chi connectivity index (χ0n) is 7.83. The van der Waals surface area contributed by atoms with E-state index in [2.05, 4.69) is 36.5 Å². The maximum Gasteiger partial charge on any atom is 0.312 e. The van der Waals surface area contributed by atoms with Gasteiger partial charge in [-0.15, -0.1) is 0 Å². The van der Waals surface area contributed by atoms with E-state index in [-0.39, 0.29) is 0 Å². The molecule has 0 radical (unpaired) electrons. The Morgan fingerprint density at radius 2 is 2.20 bits per heavy atom. The summed E-state index contributed by atoms with van der Waals surface area (Å²) in [5.74, 6) is 0.934. The van der Waals surface area contributed by atoms with Gasteiger partial charge in [0.1, 0.15) is 22.4 Å². The number of hydrogen-bond acceptors (Lipinski definition) is 5. The molecule has 0 aliphatic rings. The fourth-order valence-electron chi connectivity index (χ4n) is 0.873. The predicted molar refractivity (Wildman–Crippen MR) is 60.2 cm³/mol. The molecule has 82 valence electrons. The van der Waals surface area contributed by atoms with Gasteiger partial charge in [-0.05, 0) is 15.9 Å². The van der Waals surface area contributed by atoms with Crippen molar-refractivity contribution in [1.82, 2.24) is 15.3 Å². The van der Waals surface area contributed by atoms with Crippen molar-refractivity contribution in [2.45, 2.75) is 0 Å². The van der Waals surface area contributed by atoms with Gasteiger partial charge in [-0.2, -0.15) is 0 Å². The lowest BCUT2D eigenvalue weighted by Crippen LogP contribution is -2.33. The second-order valence-corrected chi connectivity index (χ2v) is 3.43. The van der Waals surface area contributed by atoms with E-state index in [0.29, 0.717) is 29.2 Å². The van der Waals surface area contributed by atoms with Gasteiger partial charge in [0.2, 0.25) is 0 Å². The van der Waals surface area contributed by atoms with Gasteiger partial charge in [-0.1, -0.05) is 0 Å². The molecule has 1 rings (SSSR count). The summed E-state index contributed by atoms with van der Waals surface area (Å²) in [5, 5.41) is 5.40. The normalized spacial score (nSPS) is 9.67. The molecule has 0 spiro atoms. The lowest BCUT2D eigenvalue weighted by atomic mass is 10.5. The van der Waals surface area contributed by atoms with Gasteiger partial charge in [0.05, 0.1) is 0 Å². The van der Waals surface area contributed by atoms with Gasteiger partial charge in [0.25, 0.3) is 0 Å². The van der Waals surface area contributed by atoms with Crippen LogP contribution in [0, 0.1) is 0 Å². The van der Waals surface area contributed by atoms with Crippen molar-refractivity contribution in [3.63, 3.8) is 0 Å². The molecule has 0 bridgehead atoms. The standard InChI is InChI=1S/C7H11BrN6O/c8-4-5(9)13-3-14-6(4)11-1-2-12-7(10)15/h3H,1-2H2,(H3,10,12,15)(H3,9,11,13,14). The SMILES string of the molecule is NC(=O)NCCNc1ncnc(N)c1Br. The summed E-state index contributed by atoms with van der Waals surface area (Å²) in [5.41, 5.74) is 10.4. The third kappa shape index (κ3) is 3.58. The number of primary amides is 1. The number of carbonyl (C=O) groups is 1. The van der Waals surface area contributed by atoms with Crippen molar-refractivity contribution >= 4 is 33.6 Å². The minimum Gasteiger partial charge on any atom is -0.383 e. The second kappa shape index (κ2) is 5.35. The Bertz CT molecular complexity index is 357. The summed E-state index contributed by atoms with van der Waals surface area (Å²) in [4.78, 5) is 18.1. The number of urea groups is 1. The van der Waals surface area contributed by atoms with Crippen molar-refractivity contribution < 1.29 is 4.79 Å².